The predicted octanol–water partition coefficient (Wildman–Crippen LogP) is 1.14. The number of nitrogens with zero attached hydrogens (tertiary/aromatic N) is 1. The van der Waals surface area contributed by atoms with Crippen LogP contribution < -0.4 is 5.73 Å². The first-order valence-electron chi connectivity index (χ1n) is 3.66. The highest BCUT2D eigenvalue weighted by atomic mass is 16.6. The lowest BCUT2D eigenvalue weighted by Crippen LogP contribution is -2.10. The zero-order valence-electron chi connectivity index (χ0n) is 6.76. The van der Waals surface area contributed by atoms with Crippen LogP contribution in [0.2, 0.25) is 0 Å². The molecule has 60 valence electrons. The summed E-state index contributed by atoms with van der Waals surface area (Å²) in [6.07, 6.45) is 2.19. The lowest BCUT2D eigenvalue weighted by atomic mass is 10.4. The Bertz CT molecular complexity index is 102. The van der Waals surface area contributed by atoms with Crippen LogP contribution in [-0.2, 0) is 4.84 Å². The van der Waals surface area contributed by atoms with E-state index in [0.29, 0.717) is 13.2 Å². The van der Waals surface area contributed by atoms with Crippen LogP contribution in [0.5, 0.6) is 0 Å². The number of unbranched alkanes of at least 4 members (excludes halogenated alkanes) is 1. The molecule has 0 saturated carbocycles. The van der Waals surface area contributed by atoms with Gasteiger partial charge in [-0.05, 0) is 13.3 Å². The Labute approximate surface area is 62.2 Å². The van der Waals surface area contributed by atoms with Crippen LogP contribution in [0.15, 0.2) is 5.16 Å². The molecule has 0 unspecified atom stereocenters. The first-order chi connectivity index (χ1) is 4.81. The molecule has 0 spiro atoms. The smallest absolute Gasteiger partial charge is 0.117 e. The van der Waals surface area contributed by atoms with Crippen LogP contribution in [0.25, 0.3) is 0 Å². The normalized spacial score (nSPS) is 11.7. The van der Waals surface area contributed by atoms with Crippen molar-refractivity contribution in [3.05, 3.63) is 0 Å². The average Bonchev–Trinajstić information content (AvgIpc) is 1.98. The van der Waals surface area contributed by atoms with Crippen LogP contribution in [0, 0.1) is 0 Å². The predicted molar refractivity (Wildman–Crippen MR) is 43.0 cm³/mol. The van der Waals surface area contributed by atoms with Crippen molar-refractivity contribution in [2.75, 3.05) is 13.2 Å². The van der Waals surface area contributed by atoms with Gasteiger partial charge in [0, 0.05) is 6.54 Å². The molecule has 10 heavy (non-hydrogen) atoms. The topological polar surface area (TPSA) is 47.6 Å². The Kier molecular flexibility index (Phi) is 6.18. The maximum atomic E-state index is 5.28. The van der Waals surface area contributed by atoms with Gasteiger partial charge in [-0.15, -0.1) is 0 Å². The fraction of sp³-hybridized carbons (Fsp3) is 0.857. The molecule has 0 rings (SSSR count). The van der Waals surface area contributed by atoms with Crippen LogP contribution in [0.3, 0.4) is 0 Å². The molecule has 0 aromatic heterocycles. The zero-order chi connectivity index (χ0) is 7.82. The Hall–Kier alpha value is -0.570. The molecule has 0 atom stereocenters. The third-order valence-corrected chi connectivity index (χ3v) is 1.10. The second kappa shape index (κ2) is 6.55. The van der Waals surface area contributed by atoms with E-state index in [2.05, 4.69) is 12.1 Å². The van der Waals surface area contributed by atoms with Gasteiger partial charge in [0.2, 0.25) is 0 Å². The van der Waals surface area contributed by atoms with Crippen molar-refractivity contribution in [2.45, 2.75) is 26.7 Å². The maximum Gasteiger partial charge on any atom is 0.117 e. The molecule has 0 aromatic carbocycles. The van der Waals surface area contributed by atoms with E-state index in [-0.39, 0.29) is 0 Å². The Morgan fingerprint density at radius 1 is 1.60 bits per heavy atom. The maximum absolute atomic E-state index is 5.28. The summed E-state index contributed by atoms with van der Waals surface area (Å²) in [6.45, 7) is 5.15. The molecule has 0 aliphatic heterocycles. The summed E-state index contributed by atoms with van der Waals surface area (Å²) < 4.78 is 0. The van der Waals surface area contributed by atoms with Crippen molar-refractivity contribution in [1.29, 1.82) is 0 Å². The van der Waals surface area contributed by atoms with Crippen LogP contribution >= 0.6 is 0 Å². The fourth-order valence-corrected chi connectivity index (χ4v) is 0.402. The third kappa shape index (κ3) is 5.56. The monoisotopic (exact) mass is 144 g/mol. The standard InChI is InChI=1S/C7H16N2O/c1-3-4-5-10-9-7(2)6-8/h3-6,8H2,1-2H3. The highest BCUT2D eigenvalue weighted by molar-refractivity contribution is 5.83. The number of rotatable bonds is 5. The lowest BCUT2D eigenvalue weighted by Gasteiger charge is -1.97. The van der Waals surface area contributed by atoms with E-state index in [1.165, 1.54) is 0 Å². The van der Waals surface area contributed by atoms with Crippen LogP contribution in [0.4, 0.5) is 0 Å². The Balaban J connectivity index is 3.16. The van der Waals surface area contributed by atoms with E-state index in [1.54, 1.807) is 0 Å². The van der Waals surface area contributed by atoms with Crippen molar-refractivity contribution < 1.29 is 4.84 Å². The third-order valence-electron chi connectivity index (χ3n) is 1.10. The number of oxime groups is 1. The van der Waals surface area contributed by atoms with Gasteiger partial charge in [-0.2, -0.15) is 0 Å². The second-order valence-corrected chi connectivity index (χ2v) is 2.22. The Morgan fingerprint density at radius 2 is 2.30 bits per heavy atom. The van der Waals surface area contributed by atoms with Gasteiger partial charge in [0.25, 0.3) is 0 Å². The van der Waals surface area contributed by atoms with E-state index in [0.717, 1.165) is 18.6 Å². The van der Waals surface area contributed by atoms with E-state index < -0.39 is 0 Å². The Morgan fingerprint density at radius 3 is 2.80 bits per heavy atom. The van der Waals surface area contributed by atoms with Crippen molar-refractivity contribution in [3.63, 3.8) is 0 Å². The largest absolute Gasteiger partial charge is 0.396 e. The fourth-order valence-electron chi connectivity index (χ4n) is 0.402. The number of nitrogens with two attached hydrogens (primary N) is 1. The van der Waals surface area contributed by atoms with Crippen LogP contribution in [-0.4, -0.2) is 18.9 Å². The van der Waals surface area contributed by atoms with Gasteiger partial charge < -0.3 is 10.6 Å². The highest BCUT2D eigenvalue weighted by Gasteiger charge is 1.85. The van der Waals surface area contributed by atoms with Gasteiger partial charge in [-0.1, -0.05) is 18.5 Å². The van der Waals surface area contributed by atoms with Gasteiger partial charge in [0.1, 0.15) is 6.61 Å². The summed E-state index contributed by atoms with van der Waals surface area (Å²) in [5.74, 6) is 0. The highest BCUT2D eigenvalue weighted by Crippen LogP contribution is 1.88. The molecular weight excluding hydrogens is 128 g/mol. The van der Waals surface area contributed by atoms with E-state index in [9.17, 15) is 0 Å². The van der Waals surface area contributed by atoms with Gasteiger partial charge in [-0.25, -0.2) is 0 Å². The molecule has 3 nitrogen and oxygen atoms in total. The molecule has 0 heterocycles. The molecule has 0 aliphatic carbocycles. The summed E-state index contributed by atoms with van der Waals surface area (Å²) in [7, 11) is 0. The lowest BCUT2D eigenvalue weighted by molar-refractivity contribution is 0.140. The first kappa shape index (κ1) is 9.43. The molecule has 0 amide bonds. The number of hydrogen-bond donors (Lipinski definition) is 1. The minimum absolute atomic E-state index is 0.478. The molecule has 0 aliphatic rings. The van der Waals surface area contributed by atoms with Crippen molar-refractivity contribution in [2.24, 2.45) is 10.9 Å². The molecular formula is C7H16N2O. The molecule has 2 N–H and O–H groups in total. The van der Waals surface area contributed by atoms with Crippen molar-refractivity contribution >= 4 is 5.71 Å². The summed E-state index contributed by atoms with van der Waals surface area (Å²) in [6, 6.07) is 0. The molecule has 0 fully saturated rings. The van der Waals surface area contributed by atoms with Crippen molar-refractivity contribution in [1.82, 2.24) is 0 Å². The molecule has 0 saturated heterocycles. The van der Waals surface area contributed by atoms with Gasteiger partial charge in [-0.3, -0.25) is 0 Å². The van der Waals surface area contributed by atoms with Crippen molar-refractivity contribution in [3.8, 4) is 0 Å². The first-order valence-corrected chi connectivity index (χ1v) is 3.66. The molecule has 0 radical (unpaired) electrons. The molecule has 0 bridgehead atoms. The summed E-state index contributed by atoms with van der Waals surface area (Å²) in [4.78, 5) is 4.93. The molecule has 3 heteroatoms. The van der Waals surface area contributed by atoms with Gasteiger partial charge in [0.05, 0.1) is 5.71 Å². The number of hydrogen-bond acceptors (Lipinski definition) is 3. The van der Waals surface area contributed by atoms with E-state index in [1.807, 2.05) is 6.92 Å². The second-order valence-electron chi connectivity index (χ2n) is 2.22. The molecule has 0 aromatic rings. The van der Waals surface area contributed by atoms with E-state index in [4.69, 9.17) is 10.6 Å². The summed E-state index contributed by atoms with van der Waals surface area (Å²) >= 11 is 0. The minimum atomic E-state index is 0.478. The minimum Gasteiger partial charge on any atom is -0.396 e. The SMILES string of the molecule is CCCCON=C(C)CN. The average molecular weight is 144 g/mol. The van der Waals surface area contributed by atoms with Crippen LogP contribution in [0.1, 0.15) is 26.7 Å². The zero-order valence-corrected chi connectivity index (χ0v) is 6.76. The van der Waals surface area contributed by atoms with E-state index >= 15 is 0 Å². The quantitative estimate of drug-likeness (QED) is 0.357. The summed E-state index contributed by atoms with van der Waals surface area (Å²) in [5.41, 5.74) is 6.12. The summed E-state index contributed by atoms with van der Waals surface area (Å²) in [5, 5.41) is 3.77. The van der Waals surface area contributed by atoms with Gasteiger partial charge >= 0.3 is 0 Å². The van der Waals surface area contributed by atoms with Gasteiger partial charge in [0.15, 0.2) is 0 Å².